The molecule has 63 heavy (non-hydrogen) atoms. The molecule has 9 nitrogen and oxygen atoms in total. The van der Waals surface area contributed by atoms with Gasteiger partial charge in [0.15, 0.2) is 6.10 Å². The quantitative estimate of drug-likeness (QED) is 0.0347. The van der Waals surface area contributed by atoms with E-state index < -0.39 is 26.5 Å². The molecule has 0 fully saturated rings. The largest absolute Gasteiger partial charge is 0.472 e. The van der Waals surface area contributed by atoms with E-state index in [0.717, 1.165) is 32.1 Å². The fourth-order valence-electron chi connectivity index (χ4n) is 8.40. The first-order valence-corrected chi connectivity index (χ1v) is 29.0. The summed E-state index contributed by atoms with van der Waals surface area (Å²) in [6, 6.07) is 0. The smallest absolute Gasteiger partial charge is 0.462 e. The molecular weight excluding hydrogens is 810 g/mol. The number of rotatable bonds is 53. The lowest BCUT2D eigenvalue weighted by Gasteiger charge is -2.19. The minimum absolute atomic E-state index is 0.0585. The van der Waals surface area contributed by atoms with Gasteiger partial charge in [0.25, 0.3) is 0 Å². The van der Waals surface area contributed by atoms with Gasteiger partial charge < -0.3 is 20.1 Å². The van der Waals surface area contributed by atoms with Gasteiger partial charge in [-0.2, -0.15) is 0 Å². The Kier molecular flexibility index (Phi) is 49.6. The molecule has 2 unspecified atom stereocenters. The molecular formula is C53H106NO8P. The van der Waals surface area contributed by atoms with Crippen molar-refractivity contribution in [3.05, 3.63) is 0 Å². The van der Waals surface area contributed by atoms with Crippen LogP contribution in [0.1, 0.15) is 296 Å². The number of carbonyl (C=O) groups excluding carboxylic acids is 2. The van der Waals surface area contributed by atoms with Gasteiger partial charge in [0.1, 0.15) is 6.61 Å². The van der Waals surface area contributed by atoms with Gasteiger partial charge in [-0.3, -0.25) is 18.6 Å². The molecule has 0 saturated heterocycles. The molecule has 3 N–H and O–H groups in total. The fourth-order valence-corrected chi connectivity index (χ4v) is 9.17. The minimum Gasteiger partial charge on any atom is -0.462 e. The molecule has 0 bridgehead atoms. The first kappa shape index (κ1) is 62.0. The van der Waals surface area contributed by atoms with Gasteiger partial charge in [0, 0.05) is 19.4 Å². The highest BCUT2D eigenvalue weighted by atomic mass is 31.2. The number of unbranched alkanes of at least 4 members (excludes halogenated alkanes) is 40. The topological polar surface area (TPSA) is 134 Å². The molecule has 376 valence electrons. The van der Waals surface area contributed by atoms with Crippen molar-refractivity contribution in [2.45, 2.75) is 302 Å². The van der Waals surface area contributed by atoms with Crippen LogP contribution in [0.4, 0.5) is 0 Å². The van der Waals surface area contributed by atoms with Gasteiger partial charge >= 0.3 is 19.8 Å². The SMILES string of the molecule is CCCCCCCCCCCCCCCCCCCCCCCCC(=O)OCC(COP(=O)(O)OCCN)OC(=O)CCCCCCCCCCCCCCCCCCCCCC. The summed E-state index contributed by atoms with van der Waals surface area (Å²) in [5, 5.41) is 0. The monoisotopic (exact) mass is 916 g/mol. The number of nitrogens with two attached hydrogens (primary N) is 1. The number of hydrogen-bond donors (Lipinski definition) is 2. The Morgan fingerprint density at radius 3 is 0.968 bits per heavy atom. The highest BCUT2D eigenvalue weighted by molar-refractivity contribution is 7.47. The van der Waals surface area contributed by atoms with Gasteiger partial charge in [-0.25, -0.2) is 4.57 Å². The van der Waals surface area contributed by atoms with Gasteiger partial charge in [-0.05, 0) is 12.8 Å². The summed E-state index contributed by atoms with van der Waals surface area (Å²) >= 11 is 0. The third-order valence-corrected chi connectivity index (χ3v) is 13.5. The molecule has 0 aliphatic rings. The first-order chi connectivity index (χ1) is 30.8. The predicted octanol–water partition coefficient (Wildman–Crippen LogP) is 16.7. The second-order valence-electron chi connectivity index (χ2n) is 18.8. The lowest BCUT2D eigenvalue weighted by Crippen LogP contribution is -2.29. The van der Waals surface area contributed by atoms with E-state index in [0.29, 0.717) is 6.42 Å². The maximum absolute atomic E-state index is 12.7. The Balaban J connectivity index is 3.94. The Labute approximate surface area is 390 Å². The number of ether oxygens (including phenoxy) is 2. The molecule has 0 aliphatic carbocycles. The lowest BCUT2D eigenvalue weighted by molar-refractivity contribution is -0.161. The Hall–Kier alpha value is -0.990. The van der Waals surface area contributed by atoms with Crippen LogP contribution in [0.2, 0.25) is 0 Å². The van der Waals surface area contributed by atoms with Crippen LogP contribution >= 0.6 is 7.82 Å². The molecule has 0 aromatic carbocycles. The maximum atomic E-state index is 12.7. The molecule has 10 heteroatoms. The van der Waals surface area contributed by atoms with E-state index in [1.54, 1.807) is 0 Å². The van der Waals surface area contributed by atoms with Crippen LogP contribution in [0.3, 0.4) is 0 Å². The van der Waals surface area contributed by atoms with Crippen LogP contribution in [0.5, 0.6) is 0 Å². The number of carbonyl (C=O) groups is 2. The molecule has 0 heterocycles. The van der Waals surface area contributed by atoms with Gasteiger partial charge in [0.05, 0.1) is 13.2 Å². The highest BCUT2D eigenvalue weighted by Gasteiger charge is 2.26. The van der Waals surface area contributed by atoms with Gasteiger partial charge in [-0.15, -0.1) is 0 Å². The van der Waals surface area contributed by atoms with Crippen LogP contribution < -0.4 is 5.73 Å². The first-order valence-electron chi connectivity index (χ1n) is 27.5. The number of esters is 2. The average molecular weight is 916 g/mol. The van der Waals surface area contributed by atoms with Crippen molar-refractivity contribution in [1.29, 1.82) is 0 Å². The molecule has 0 rings (SSSR count). The fraction of sp³-hybridized carbons (Fsp3) is 0.962. The van der Waals surface area contributed by atoms with Crippen LogP contribution in [0, 0.1) is 0 Å². The Morgan fingerprint density at radius 2 is 0.683 bits per heavy atom. The minimum atomic E-state index is -4.38. The van der Waals surface area contributed by atoms with Crippen LogP contribution in [0.25, 0.3) is 0 Å². The Bertz CT molecular complexity index is 1000. The third-order valence-electron chi connectivity index (χ3n) is 12.5. The van der Waals surface area contributed by atoms with E-state index in [9.17, 15) is 19.0 Å². The summed E-state index contributed by atoms with van der Waals surface area (Å²) in [7, 11) is -4.38. The summed E-state index contributed by atoms with van der Waals surface area (Å²) in [6.45, 7) is 3.82. The van der Waals surface area contributed by atoms with Crippen molar-refractivity contribution < 1.29 is 37.6 Å². The summed E-state index contributed by atoms with van der Waals surface area (Å²) in [4.78, 5) is 35.1. The molecule has 0 amide bonds. The summed E-state index contributed by atoms with van der Waals surface area (Å²) < 4.78 is 33.0. The zero-order valence-corrected chi connectivity index (χ0v) is 42.7. The van der Waals surface area contributed by atoms with Crippen LogP contribution in [-0.2, 0) is 32.7 Å². The molecule has 0 aliphatic heterocycles. The molecule has 0 spiro atoms. The van der Waals surface area contributed by atoms with Crippen molar-refractivity contribution in [3.63, 3.8) is 0 Å². The van der Waals surface area contributed by atoms with E-state index in [-0.39, 0.29) is 38.6 Å². The van der Waals surface area contributed by atoms with E-state index in [2.05, 4.69) is 13.8 Å². The normalized spacial score (nSPS) is 13.0. The second kappa shape index (κ2) is 50.4. The van der Waals surface area contributed by atoms with Crippen molar-refractivity contribution in [2.24, 2.45) is 5.73 Å². The molecule has 0 saturated carbocycles. The average Bonchev–Trinajstić information content (AvgIpc) is 3.27. The second-order valence-corrected chi connectivity index (χ2v) is 20.3. The molecule has 0 radical (unpaired) electrons. The van der Waals surface area contributed by atoms with Crippen molar-refractivity contribution >= 4 is 19.8 Å². The molecule has 2 atom stereocenters. The highest BCUT2D eigenvalue weighted by Crippen LogP contribution is 2.43. The van der Waals surface area contributed by atoms with Crippen molar-refractivity contribution in [2.75, 3.05) is 26.4 Å². The maximum Gasteiger partial charge on any atom is 0.472 e. The zero-order valence-electron chi connectivity index (χ0n) is 41.8. The van der Waals surface area contributed by atoms with E-state index in [1.807, 2.05) is 0 Å². The van der Waals surface area contributed by atoms with Gasteiger partial charge in [0.2, 0.25) is 0 Å². The summed E-state index contributed by atoms with van der Waals surface area (Å²) in [5.41, 5.74) is 5.38. The number of phosphoric acid groups is 1. The van der Waals surface area contributed by atoms with Crippen molar-refractivity contribution in [3.8, 4) is 0 Å². The van der Waals surface area contributed by atoms with E-state index >= 15 is 0 Å². The standard InChI is InChI=1S/C53H106NO8P/c1-3-5-7-9-11-13-15-17-19-21-23-25-26-28-29-31-33-35-37-39-41-43-45-52(55)59-49-51(50-61-63(57,58)60-48-47-54)62-53(56)46-44-42-40-38-36-34-32-30-27-24-22-20-18-16-14-12-10-8-6-4-2/h51H,3-50,54H2,1-2H3,(H,57,58). The molecule has 0 aromatic heterocycles. The third kappa shape index (κ3) is 50.3. The van der Waals surface area contributed by atoms with Gasteiger partial charge in [-0.1, -0.05) is 271 Å². The summed E-state index contributed by atoms with van der Waals surface area (Å²) in [6.07, 6.45) is 54.3. The predicted molar refractivity (Wildman–Crippen MR) is 266 cm³/mol. The molecule has 0 aromatic rings. The lowest BCUT2D eigenvalue weighted by atomic mass is 10.0. The zero-order chi connectivity index (χ0) is 46.0. The van der Waals surface area contributed by atoms with E-state index in [1.165, 1.54) is 231 Å². The van der Waals surface area contributed by atoms with Crippen LogP contribution in [0.15, 0.2) is 0 Å². The number of phosphoric ester groups is 1. The summed E-state index contributed by atoms with van der Waals surface area (Å²) in [5.74, 6) is -0.804. The Morgan fingerprint density at radius 1 is 0.413 bits per heavy atom. The number of hydrogen-bond acceptors (Lipinski definition) is 8. The van der Waals surface area contributed by atoms with Crippen molar-refractivity contribution in [1.82, 2.24) is 0 Å². The van der Waals surface area contributed by atoms with Crippen LogP contribution in [-0.4, -0.2) is 49.3 Å². The van der Waals surface area contributed by atoms with E-state index in [4.69, 9.17) is 24.3 Å².